The molecule has 3 atom stereocenters. The lowest BCUT2D eigenvalue weighted by atomic mass is 9.93. The maximum atomic E-state index is 13.8. The molecule has 1 aromatic carbocycles. The van der Waals surface area contributed by atoms with Gasteiger partial charge in [0.2, 0.25) is 5.78 Å². The van der Waals surface area contributed by atoms with Gasteiger partial charge in [-0.2, -0.15) is 0 Å². The normalized spacial score (nSPS) is 13.9. The summed E-state index contributed by atoms with van der Waals surface area (Å²) in [6, 6.07) is 8.25. The van der Waals surface area contributed by atoms with Crippen LogP contribution in [0, 0.1) is 6.92 Å². The Kier molecular flexibility index (Phi) is 6.80. The number of benzene rings is 1. The molecule has 2 N–H and O–H groups in total. The summed E-state index contributed by atoms with van der Waals surface area (Å²) in [7, 11) is 4.04. The second-order valence-corrected chi connectivity index (χ2v) is 8.53. The number of carbonyl (C=O) groups is 2. The van der Waals surface area contributed by atoms with Crippen LogP contribution in [0.25, 0.3) is 16.9 Å². The van der Waals surface area contributed by atoms with Crippen molar-refractivity contribution in [3.63, 3.8) is 0 Å². The number of ether oxygens (including phenoxy) is 2. The summed E-state index contributed by atoms with van der Waals surface area (Å²) in [6.07, 6.45) is -0.754. The van der Waals surface area contributed by atoms with Gasteiger partial charge in [0.15, 0.2) is 17.2 Å². The third kappa shape index (κ3) is 4.19. The van der Waals surface area contributed by atoms with Crippen molar-refractivity contribution < 1.29 is 24.2 Å². The molecule has 0 fully saturated rings. The minimum absolute atomic E-state index is 0.333. The molecule has 0 saturated heterocycles. The number of imidazole rings is 2. The van der Waals surface area contributed by atoms with Crippen molar-refractivity contribution in [1.29, 1.82) is 0 Å². The van der Waals surface area contributed by atoms with Crippen LogP contribution >= 0.6 is 0 Å². The number of alkyl carbamates (subject to hydrolysis) is 1. The minimum Gasteiger partial charge on any atom is -0.467 e. The summed E-state index contributed by atoms with van der Waals surface area (Å²) >= 11 is 0. The van der Waals surface area contributed by atoms with E-state index in [9.17, 15) is 19.5 Å². The molecule has 0 saturated carbocycles. The fourth-order valence-electron chi connectivity index (χ4n) is 4.47. The van der Waals surface area contributed by atoms with E-state index in [1.807, 2.05) is 30.3 Å². The van der Waals surface area contributed by atoms with Gasteiger partial charge < -0.3 is 24.5 Å². The van der Waals surface area contributed by atoms with Gasteiger partial charge in [-0.1, -0.05) is 37.3 Å². The number of nitrogens with one attached hydrogen (secondary N) is 1. The maximum absolute atomic E-state index is 13.8. The number of amides is 1. The summed E-state index contributed by atoms with van der Waals surface area (Å²) in [5.74, 6) is -1.33. The van der Waals surface area contributed by atoms with E-state index in [-0.39, 0.29) is 5.56 Å². The number of fused-ring (bicyclic) bond motifs is 2. The van der Waals surface area contributed by atoms with Crippen molar-refractivity contribution >= 4 is 29.0 Å². The molecule has 0 aliphatic carbocycles. The van der Waals surface area contributed by atoms with Gasteiger partial charge in [0.1, 0.15) is 0 Å². The number of rotatable bonds is 7. The largest absolute Gasteiger partial charge is 0.467 e. The van der Waals surface area contributed by atoms with E-state index in [0.29, 0.717) is 34.9 Å². The van der Waals surface area contributed by atoms with Crippen LogP contribution in [0.2, 0.25) is 0 Å². The Labute approximate surface area is 206 Å². The van der Waals surface area contributed by atoms with E-state index >= 15 is 0 Å². The molecule has 1 amide bonds. The summed E-state index contributed by atoms with van der Waals surface area (Å²) in [5.41, 5.74) is 2.35. The third-order valence-electron chi connectivity index (χ3n) is 6.32. The molecule has 0 radical (unpaired) electrons. The first-order valence-corrected chi connectivity index (χ1v) is 11.3. The first kappa shape index (κ1) is 24.9. The van der Waals surface area contributed by atoms with Crippen molar-refractivity contribution in [2.75, 3.05) is 14.2 Å². The highest BCUT2D eigenvalue weighted by Gasteiger charge is 2.37. The molecule has 0 aliphatic heterocycles. The van der Waals surface area contributed by atoms with Crippen LogP contribution in [-0.2, 0) is 27.9 Å². The molecular formula is C24H28N6O6. The average molecular weight is 497 g/mol. The van der Waals surface area contributed by atoms with Crippen molar-refractivity contribution in [3.8, 4) is 0 Å². The van der Waals surface area contributed by atoms with Crippen molar-refractivity contribution in [2.45, 2.75) is 38.5 Å². The van der Waals surface area contributed by atoms with Crippen LogP contribution in [0.15, 0.2) is 41.5 Å². The fraction of sp³-hybridized carbons (Fsp3) is 0.375. The zero-order valence-corrected chi connectivity index (χ0v) is 20.6. The SMILES string of the molecule is COC(=O)N[C@H](C(=O)OC)[C@H](O)[C@@H](C)c1c(C)nc2n(C)c3ncn(Cc4ccccc4)c3c(=O)n12. The lowest BCUT2D eigenvalue weighted by molar-refractivity contribution is -0.146. The summed E-state index contributed by atoms with van der Waals surface area (Å²) in [4.78, 5) is 47.0. The number of carbonyl (C=O) groups excluding carboxylic acids is 2. The number of esters is 1. The highest BCUT2D eigenvalue weighted by molar-refractivity contribution is 5.82. The first-order valence-electron chi connectivity index (χ1n) is 11.3. The van der Waals surface area contributed by atoms with Gasteiger partial charge in [0.25, 0.3) is 5.56 Å². The first-order chi connectivity index (χ1) is 17.2. The molecule has 3 heterocycles. The second kappa shape index (κ2) is 9.82. The van der Waals surface area contributed by atoms with E-state index in [0.717, 1.165) is 19.8 Å². The van der Waals surface area contributed by atoms with Gasteiger partial charge >= 0.3 is 12.1 Å². The number of hydrogen-bond acceptors (Lipinski definition) is 8. The number of aliphatic hydroxyl groups excluding tert-OH is 1. The van der Waals surface area contributed by atoms with E-state index in [4.69, 9.17) is 4.74 Å². The Morgan fingerprint density at radius 2 is 1.86 bits per heavy atom. The summed E-state index contributed by atoms with van der Waals surface area (Å²) in [6.45, 7) is 3.79. The zero-order valence-electron chi connectivity index (χ0n) is 20.6. The highest BCUT2D eigenvalue weighted by Crippen LogP contribution is 2.26. The summed E-state index contributed by atoms with van der Waals surface area (Å²) in [5, 5.41) is 13.4. The predicted molar refractivity (Wildman–Crippen MR) is 130 cm³/mol. The monoisotopic (exact) mass is 496 g/mol. The number of hydrogen-bond donors (Lipinski definition) is 2. The van der Waals surface area contributed by atoms with Crippen LogP contribution in [0.5, 0.6) is 0 Å². The Morgan fingerprint density at radius 3 is 2.50 bits per heavy atom. The Balaban J connectivity index is 1.86. The average Bonchev–Trinajstić information content (AvgIpc) is 3.46. The van der Waals surface area contributed by atoms with E-state index in [1.54, 1.807) is 36.4 Å². The quantitative estimate of drug-likeness (QED) is 0.362. The van der Waals surface area contributed by atoms with Crippen LogP contribution in [0.4, 0.5) is 4.79 Å². The molecular weight excluding hydrogens is 468 g/mol. The number of aromatic nitrogens is 5. The molecule has 190 valence electrons. The summed E-state index contributed by atoms with van der Waals surface area (Å²) < 4.78 is 14.2. The number of nitrogens with zero attached hydrogens (tertiary/aromatic N) is 5. The Hall–Kier alpha value is -4.19. The van der Waals surface area contributed by atoms with Crippen molar-refractivity contribution in [1.82, 2.24) is 28.8 Å². The molecule has 0 unspecified atom stereocenters. The van der Waals surface area contributed by atoms with Crippen molar-refractivity contribution in [2.24, 2.45) is 7.05 Å². The fourth-order valence-corrected chi connectivity index (χ4v) is 4.47. The molecule has 0 spiro atoms. The number of aliphatic hydroxyl groups is 1. The van der Waals surface area contributed by atoms with Gasteiger partial charge in [-0.15, -0.1) is 0 Å². The predicted octanol–water partition coefficient (Wildman–Crippen LogP) is 1.10. The van der Waals surface area contributed by atoms with Gasteiger partial charge in [0, 0.05) is 19.5 Å². The zero-order chi connectivity index (χ0) is 26.1. The molecule has 4 rings (SSSR count). The lowest BCUT2D eigenvalue weighted by Crippen LogP contribution is -2.51. The molecule has 0 aliphatic rings. The third-order valence-corrected chi connectivity index (χ3v) is 6.32. The van der Waals surface area contributed by atoms with Crippen molar-refractivity contribution in [3.05, 3.63) is 64.0 Å². The molecule has 4 aromatic rings. The number of aryl methyl sites for hydroxylation is 2. The Morgan fingerprint density at radius 1 is 1.17 bits per heavy atom. The topological polar surface area (TPSA) is 142 Å². The van der Waals surface area contributed by atoms with Crippen LogP contribution in [-0.4, -0.2) is 67.0 Å². The van der Waals surface area contributed by atoms with Crippen LogP contribution in [0.1, 0.15) is 29.8 Å². The van der Waals surface area contributed by atoms with Gasteiger partial charge in [0.05, 0.1) is 38.0 Å². The molecule has 36 heavy (non-hydrogen) atoms. The molecule has 0 bridgehead atoms. The van der Waals surface area contributed by atoms with E-state index in [2.05, 4.69) is 20.0 Å². The van der Waals surface area contributed by atoms with Gasteiger partial charge in [-0.05, 0) is 12.5 Å². The van der Waals surface area contributed by atoms with E-state index < -0.39 is 30.1 Å². The molecule has 12 heteroatoms. The van der Waals surface area contributed by atoms with E-state index in [1.165, 1.54) is 4.40 Å². The lowest BCUT2D eigenvalue weighted by Gasteiger charge is -2.26. The highest BCUT2D eigenvalue weighted by atomic mass is 16.5. The maximum Gasteiger partial charge on any atom is 0.407 e. The number of methoxy groups -OCH3 is 2. The second-order valence-electron chi connectivity index (χ2n) is 8.53. The minimum atomic E-state index is -1.45. The Bertz CT molecular complexity index is 1490. The van der Waals surface area contributed by atoms with Gasteiger partial charge in [-0.3, -0.25) is 9.36 Å². The van der Waals surface area contributed by atoms with Crippen LogP contribution < -0.4 is 10.9 Å². The molecule has 12 nitrogen and oxygen atoms in total. The smallest absolute Gasteiger partial charge is 0.407 e. The van der Waals surface area contributed by atoms with Crippen LogP contribution in [0.3, 0.4) is 0 Å². The van der Waals surface area contributed by atoms with Gasteiger partial charge in [-0.25, -0.2) is 24.0 Å². The molecule has 3 aromatic heterocycles. The standard InChI is InChI=1S/C24H28N6O6/c1-13(19(31)16(22(33)35-4)27-24(34)36-5)17-14(2)26-23-28(3)20-18(21(32)30(17)23)29(12-25-20)11-15-9-7-6-8-10-15/h6-10,12-13,16,19,31H,11H2,1-5H3,(H,27,34)/t13-,16-,19+/m0/s1.